The van der Waals surface area contributed by atoms with Crippen molar-refractivity contribution in [3.8, 4) is 0 Å². The fourth-order valence-electron chi connectivity index (χ4n) is 3.40. The van der Waals surface area contributed by atoms with Crippen molar-refractivity contribution in [3.63, 3.8) is 0 Å². The highest BCUT2D eigenvalue weighted by Gasteiger charge is 2.62. The van der Waals surface area contributed by atoms with Crippen molar-refractivity contribution in [2.45, 2.75) is 77.2 Å². The number of fused-ring (bicyclic) bond motifs is 1. The zero-order valence-corrected chi connectivity index (χ0v) is 16.0. The van der Waals surface area contributed by atoms with Crippen molar-refractivity contribution in [2.75, 3.05) is 13.2 Å². The van der Waals surface area contributed by atoms with Crippen LogP contribution in [-0.4, -0.2) is 53.3 Å². The number of rotatable bonds is 6. The molecule has 3 unspecified atom stereocenters. The predicted octanol–water partition coefficient (Wildman–Crippen LogP) is 2.73. The third-order valence-corrected chi connectivity index (χ3v) is 6.66. The van der Waals surface area contributed by atoms with Crippen molar-refractivity contribution in [1.29, 1.82) is 0 Å². The summed E-state index contributed by atoms with van der Waals surface area (Å²) in [4.78, 5) is 26.6. The van der Waals surface area contributed by atoms with Crippen molar-refractivity contribution in [2.24, 2.45) is 0 Å². The molecule has 24 heavy (non-hydrogen) atoms. The van der Waals surface area contributed by atoms with Crippen LogP contribution in [0.3, 0.4) is 0 Å². The van der Waals surface area contributed by atoms with Crippen LogP contribution in [-0.2, 0) is 27.9 Å². The van der Waals surface area contributed by atoms with E-state index in [1.54, 1.807) is 34.6 Å². The lowest BCUT2D eigenvalue weighted by molar-refractivity contribution is -0.176. The van der Waals surface area contributed by atoms with E-state index in [4.69, 9.17) is 13.8 Å². The van der Waals surface area contributed by atoms with Crippen LogP contribution in [0.4, 0.5) is 0 Å². The maximum Gasteiger partial charge on any atom is 0.345 e. The van der Waals surface area contributed by atoms with Crippen molar-refractivity contribution in [1.82, 2.24) is 4.90 Å². The van der Waals surface area contributed by atoms with Gasteiger partial charge in [0, 0.05) is 0 Å². The molecule has 0 aromatic rings. The highest BCUT2D eigenvalue weighted by Crippen LogP contribution is 2.60. The van der Waals surface area contributed by atoms with E-state index in [1.807, 2.05) is 0 Å². The van der Waals surface area contributed by atoms with Gasteiger partial charge in [-0.3, -0.25) is 9.36 Å². The van der Waals surface area contributed by atoms with Gasteiger partial charge in [-0.1, -0.05) is 0 Å². The van der Waals surface area contributed by atoms with Gasteiger partial charge in [0.1, 0.15) is 11.6 Å². The highest BCUT2D eigenvalue weighted by atomic mass is 31.2. The van der Waals surface area contributed by atoms with Crippen LogP contribution in [0, 0.1) is 0 Å². The van der Waals surface area contributed by atoms with Crippen molar-refractivity contribution >= 4 is 19.5 Å². The first-order valence-corrected chi connectivity index (χ1v) is 10.2. The average molecular weight is 361 g/mol. The van der Waals surface area contributed by atoms with Crippen LogP contribution in [0.5, 0.6) is 0 Å². The van der Waals surface area contributed by atoms with Crippen LogP contribution in [0.1, 0.15) is 53.9 Å². The number of esters is 1. The number of β-lactam (4-membered cyclic amide) rings is 1. The monoisotopic (exact) mass is 361 g/mol. The first-order chi connectivity index (χ1) is 11.1. The molecule has 1 amide bonds. The van der Waals surface area contributed by atoms with Gasteiger partial charge >= 0.3 is 13.6 Å². The lowest BCUT2D eigenvalue weighted by Crippen LogP contribution is -2.71. The molecular weight excluding hydrogens is 333 g/mol. The van der Waals surface area contributed by atoms with Crippen LogP contribution < -0.4 is 0 Å². The first kappa shape index (κ1) is 19.4. The summed E-state index contributed by atoms with van der Waals surface area (Å²) in [5.41, 5.74) is -1.41. The Morgan fingerprint density at radius 1 is 1.21 bits per heavy atom. The Balaban J connectivity index is 2.17. The summed E-state index contributed by atoms with van der Waals surface area (Å²) in [6, 6.07) is -0.892. The molecule has 2 aliphatic heterocycles. The number of hydrogen-bond donors (Lipinski definition) is 0. The predicted molar refractivity (Wildman–Crippen MR) is 88.8 cm³/mol. The summed E-state index contributed by atoms with van der Waals surface area (Å²) >= 11 is 0. The maximum absolute atomic E-state index is 13.0. The average Bonchev–Trinajstić information content (AvgIpc) is 2.44. The number of hydrogen-bond acceptors (Lipinski definition) is 6. The quantitative estimate of drug-likeness (QED) is 0.411. The minimum Gasteiger partial charge on any atom is -0.458 e. The normalized spacial score (nSPS) is 27.5. The molecule has 2 fully saturated rings. The summed E-state index contributed by atoms with van der Waals surface area (Å²) in [7, 11) is -3.51. The molecular formula is C16H28NO6P. The summed E-state index contributed by atoms with van der Waals surface area (Å²) < 4.78 is 29.1. The van der Waals surface area contributed by atoms with E-state index in [-0.39, 0.29) is 25.2 Å². The standard InChI is InChI=1S/C16H28NO6P/c1-6-21-24(20,22-7-2)13-11-9-8-10-12(17(11)14(13)18)15(19)23-16(3,4)5/h11-13H,6-10H2,1-5H3. The second-order valence-corrected chi connectivity index (χ2v) is 9.27. The summed E-state index contributed by atoms with van der Waals surface area (Å²) in [6.45, 7) is 9.25. The van der Waals surface area contributed by atoms with Gasteiger partial charge in [-0.25, -0.2) is 4.79 Å². The third-order valence-electron chi connectivity index (χ3n) is 4.18. The lowest BCUT2D eigenvalue weighted by Gasteiger charge is -2.53. The van der Waals surface area contributed by atoms with Crippen LogP contribution in [0.15, 0.2) is 0 Å². The van der Waals surface area contributed by atoms with E-state index in [1.165, 1.54) is 4.90 Å². The molecule has 2 rings (SSSR count). The van der Waals surface area contributed by atoms with Crippen LogP contribution in [0.2, 0.25) is 0 Å². The SMILES string of the molecule is CCOP(=O)(OCC)C1C(=O)N2C(C(=O)OC(C)(C)C)CCCC12. The Morgan fingerprint density at radius 2 is 1.79 bits per heavy atom. The number of piperidine rings is 1. The van der Waals surface area contributed by atoms with E-state index < -0.39 is 30.9 Å². The third kappa shape index (κ3) is 3.68. The molecule has 2 aliphatic rings. The Kier molecular flexibility index (Phi) is 5.78. The summed E-state index contributed by atoms with van der Waals surface area (Å²) in [5.74, 6) is -0.734. The zero-order valence-electron chi connectivity index (χ0n) is 15.1. The van der Waals surface area contributed by atoms with E-state index in [2.05, 4.69) is 0 Å². The van der Waals surface area contributed by atoms with E-state index in [9.17, 15) is 14.2 Å². The van der Waals surface area contributed by atoms with Gasteiger partial charge in [0.05, 0.1) is 19.3 Å². The number of carbonyl (C=O) groups excluding carboxylic acids is 2. The molecule has 3 atom stereocenters. The molecule has 0 aromatic heterocycles. The molecule has 0 N–H and O–H groups in total. The number of carbonyl (C=O) groups is 2. The van der Waals surface area contributed by atoms with Gasteiger partial charge in [0.15, 0.2) is 5.66 Å². The Morgan fingerprint density at radius 3 is 2.29 bits per heavy atom. The van der Waals surface area contributed by atoms with Gasteiger partial charge in [0.25, 0.3) is 0 Å². The zero-order chi connectivity index (χ0) is 18.1. The molecule has 8 heteroatoms. The number of ether oxygens (including phenoxy) is 1. The fraction of sp³-hybridized carbons (Fsp3) is 0.875. The van der Waals surface area contributed by atoms with Crippen LogP contribution in [0.25, 0.3) is 0 Å². The molecule has 0 saturated carbocycles. The summed E-state index contributed by atoms with van der Waals surface area (Å²) in [6.07, 6.45) is 2.03. The smallest absolute Gasteiger partial charge is 0.345 e. The summed E-state index contributed by atoms with van der Waals surface area (Å²) in [5, 5.41) is 0. The van der Waals surface area contributed by atoms with Gasteiger partial charge in [0.2, 0.25) is 5.91 Å². The van der Waals surface area contributed by atoms with Crippen LogP contribution >= 0.6 is 7.60 Å². The lowest BCUT2D eigenvalue weighted by atomic mass is 9.86. The van der Waals surface area contributed by atoms with E-state index in [0.717, 1.165) is 6.42 Å². The number of amides is 1. The molecule has 0 aliphatic carbocycles. The second kappa shape index (κ2) is 7.14. The molecule has 2 saturated heterocycles. The van der Waals surface area contributed by atoms with E-state index in [0.29, 0.717) is 12.8 Å². The molecule has 2 heterocycles. The topological polar surface area (TPSA) is 82.1 Å². The van der Waals surface area contributed by atoms with Gasteiger partial charge in [-0.2, -0.15) is 0 Å². The van der Waals surface area contributed by atoms with Crippen molar-refractivity contribution in [3.05, 3.63) is 0 Å². The Bertz CT molecular complexity index is 533. The first-order valence-electron chi connectivity index (χ1n) is 8.58. The molecule has 138 valence electrons. The number of nitrogens with zero attached hydrogens (tertiary/aromatic N) is 1. The second-order valence-electron chi connectivity index (χ2n) is 7.11. The molecule has 7 nitrogen and oxygen atoms in total. The fourth-order valence-corrected chi connectivity index (χ4v) is 5.63. The minimum atomic E-state index is -3.51. The Hall–Kier alpha value is -0.910. The van der Waals surface area contributed by atoms with E-state index >= 15 is 0 Å². The molecule has 0 spiro atoms. The largest absolute Gasteiger partial charge is 0.458 e. The minimum absolute atomic E-state index is 0.212. The maximum atomic E-state index is 13.0. The molecule has 0 bridgehead atoms. The molecule has 0 aromatic carbocycles. The molecule has 0 radical (unpaired) electrons. The van der Waals surface area contributed by atoms with Gasteiger partial charge in [-0.15, -0.1) is 0 Å². The van der Waals surface area contributed by atoms with Gasteiger partial charge in [-0.05, 0) is 53.9 Å². The van der Waals surface area contributed by atoms with Crippen molar-refractivity contribution < 1.29 is 27.9 Å². The Labute approximate surface area is 143 Å². The van der Waals surface area contributed by atoms with Gasteiger partial charge < -0.3 is 18.7 Å². The highest BCUT2D eigenvalue weighted by molar-refractivity contribution is 7.56.